The fourth-order valence-corrected chi connectivity index (χ4v) is 2.54. The van der Waals surface area contributed by atoms with Crippen LogP contribution in [0.3, 0.4) is 0 Å². The van der Waals surface area contributed by atoms with E-state index in [1.165, 1.54) is 30.4 Å². The molecule has 3 rings (SSSR count). The molecule has 1 heterocycles. The second-order valence-corrected chi connectivity index (χ2v) is 4.68. The minimum atomic E-state index is 0.677. The van der Waals surface area contributed by atoms with Crippen LogP contribution < -0.4 is 0 Å². The molecule has 0 fully saturated rings. The average Bonchev–Trinajstić information content (AvgIpc) is 3.03. The highest BCUT2D eigenvalue weighted by molar-refractivity contribution is 5.58. The van der Waals surface area contributed by atoms with Crippen LogP contribution >= 0.6 is 0 Å². The second kappa shape index (κ2) is 4.90. The van der Waals surface area contributed by atoms with E-state index < -0.39 is 0 Å². The van der Waals surface area contributed by atoms with Crippen LogP contribution in [0.15, 0.2) is 24.5 Å². The molecule has 0 bridgehead atoms. The van der Waals surface area contributed by atoms with Crippen molar-refractivity contribution < 1.29 is 4.74 Å². The standard InChI is InChI=1S/C14H17N3O/c1-18-8-7-17-10-15-16-14(17)13-6-5-11-3-2-4-12(11)9-13/h5-6,9-10H,2-4,7-8H2,1H3. The number of hydrogen-bond acceptors (Lipinski definition) is 3. The number of benzene rings is 1. The fourth-order valence-electron chi connectivity index (χ4n) is 2.54. The van der Waals surface area contributed by atoms with Gasteiger partial charge in [-0.05, 0) is 36.5 Å². The number of nitrogens with zero attached hydrogens (tertiary/aromatic N) is 3. The maximum Gasteiger partial charge on any atom is 0.163 e. The lowest BCUT2D eigenvalue weighted by atomic mass is 10.1. The van der Waals surface area contributed by atoms with Gasteiger partial charge in [-0.1, -0.05) is 12.1 Å². The molecule has 94 valence electrons. The Morgan fingerprint density at radius 3 is 3.06 bits per heavy atom. The number of ether oxygens (including phenoxy) is 1. The lowest BCUT2D eigenvalue weighted by Crippen LogP contribution is -2.05. The highest BCUT2D eigenvalue weighted by Gasteiger charge is 2.13. The van der Waals surface area contributed by atoms with Crippen molar-refractivity contribution in [3.63, 3.8) is 0 Å². The largest absolute Gasteiger partial charge is 0.383 e. The Hall–Kier alpha value is -1.68. The number of aromatic nitrogens is 3. The average molecular weight is 243 g/mol. The Bertz CT molecular complexity index is 548. The summed E-state index contributed by atoms with van der Waals surface area (Å²) in [6.07, 6.45) is 5.44. The van der Waals surface area contributed by atoms with Crippen LogP contribution in [0.5, 0.6) is 0 Å². The van der Waals surface area contributed by atoms with Crippen molar-refractivity contribution in [2.75, 3.05) is 13.7 Å². The van der Waals surface area contributed by atoms with Gasteiger partial charge >= 0.3 is 0 Å². The second-order valence-electron chi connectivity index (χ2n) is 4.68. The van der Waals surface area contributed by atoms with E-state index in [9.17, 15) is 0 Å². The van der Waals surface area contributed by atoms with Gasteiger partial charge in [0.1, 0.15) is 6.33 Å². The molecule has 4 nitrogen and oxygen atoms in total. The normalized spacial score (nSPS) is 13.8. The maximum absolute atomic E-state index is 5.10. The van der Waals surface area contributed by atoms with Crippen LogP contribution in [0.2, 0.25) is 0 Å². The summed E-state index contributed by atoms with van der Waals surface area (Å²) in [5.74, 6) is 0.932. The van der Waals surface area contributed by atoms with Crippen LogP contribution in [-0.2, 0) is 24.1 Å². The molecule has 0 atom stereocenters. The van der Waals surface area contributed by atoms with E-state index >= 15 is 0 Å². The van der Waals surface area contributed by atoms with E-state index in [2.05, 4.69) is 28.4 Å². The molecule has 18 heavy (non-hydrogen) atoms. The van der Waals surface area contributed by atoms with Gasteiger partial charge in [-0.2, -0.15) is 0 Å². The van der Waals surface area contributed by atoms with Crippen LogP contribution in [0.25, 0.3) is 11.4 Å². The van der Waals surface area contributed by atoms with E-state index in [0.29, 0.717) is 6.61 Å². The summed E-state index contributed by atoms with van der Waals surface area (Å²) in [4.78, 5) is 0. The third-order valence-corrected chi connectivity index (χ3v) is 3.51. The maximum atomic E-state index is 5.10. The van der Waals surface area contributed by atoms with Gasteiger partial charge in [0, 0.05) is 19.2 Å². The Morgan fingerprint density at radius 2 is 2.17 bits per heavy atom. The zero-order valence-corrected chi connectivity index (χ0v) is 10.6. The van der Waals surface area contributed by atoms with Crippen LogP contribution in [0.1, 0.15) is 17.5 Å². The predicted molar refractivity (Wildman–Crippen MR) is 69.4 cm³/mol. The van der Waals surface area contributed by atoms with E-state index in [0.717, 1.165) is 17.9 Å². The summed E-state index contributed by atoms with van der Waals surface area (Å²) in [6, 6.07) is 6.64. The van der Waals surface area contributed by atoms with Crippen LogP contribution in [-0.4, -0.2) is 28.5 Å². The van der Waals surface area contributed by atoms with Gasteiger partial charge in [0.2, 0.25) is 0 Å². The molecule has 0 saturated heterocycles. The minimum Gasteiger partial charge on any atom is -0.383 e. The molecule has 0 unspecified atom stereocenters. The summed E-state index contributed by atoms with van der Waals surface area (Å²) in [5, 5.41) is 8.22. The molecule has 0 amide bonds. The summed E-state index contributed by atoms with van der Waals surface area (Å²) >= 11 is 0. The molecule has 4 heteroatoms. The lowest BCUT2D eigenvalue weighted by molar-refractivity contribution is 0.187. The SMILES string of the molecule is COCCn1cnnc1-c1ccc2c(c1)CCC2. The van der Waals surface area contributed by atoms with Crippen molar-refractivity contribution in [3.05, 3.63) is 35.7 Å². The van der Waals surface area contributed by atoms with Crippen LogP contribution in [0.4, 0.5) is 0 Å². The van der Waals surface area contributed by atoms with E-state index in [1.54, 1.807) is 13.4 Å². The van der Waals surface area contributed by atoms with Crippen molar-refractivity contribution in [2.45, 2.75) is 25.8 Å². The molecule has 0 N–H and O–H groups in total. The number of hydrogen-bond donors (Lipinski definition) is 0. The van der Waals surface area contributed by atoms with Gasteiger partial charge in [0.15, 0.2) is 5.82 Å². The number of methoxy groups -OCH3 is 1. The van der Waals surface area contributed by atoms with Crippen molar-refractivity contribution in [2.24, 2.45) is 0 Å². The monoisotopic (exact) mass is 243 g/mol. The highest BCUT2D eigenvalue weighted by Crippen LogP contribution is 2.26. The number of aryl methyl sites for hydroxylation is 2. The zero-order chi connectivity index (χ0) is 12.4. The quantitative estimate of drug-likeness (QED) is 0.825. The Balaban J connectivity index is 1.92. The van der Waals surface area contributed by atoms with Crippen LogP contribution in [0, 0.1) is 0 Å². The molecule has 0 aliphatic heterocycles. The third-order valence-electron chi connectivity index (χ3n) is 3.51. The van der Waals surface area contributed by atoms with Gasteiger partial charge in [-0.3, -0.25) is 0 Å². The molecule has 0 saturated carbocycles. The van der Waals surface area contributed by atoms with Gasteiger partial charge in [0.05, 0.1) is 6.61 Å². The highest BCUT2D eigenvalue weighted by atomic mass is 16.5. The minimum absolute atomic E-state index is 0.677. The van der Waals surface area contributed by atoms with Gasteiger partial charge in [-0.15, -0.1) is 10.2 Å². The summed E-state index contributed by atoms with van der Waals surface area (Å²) in [5.41, 5.74) is 4.11. The molecule has 1 aliphatic carbocycles. The summed E-state index contributed by atoms with van der Waals surface area (Å²) in [6.45, 7) is 1.46. The molecular formula is C14H17N3O. The Morgan fingerprint density at radius 1 is 1.28 bits per heavy atom. The molecule has 2 aromatic rings. The van der Waals surface area contributed by atoms with E-state index in [1.807, 2.05) is 4.57 Å². The smallest absolute Gasteiger partial charge is 0.163 e. The first-order valence-electron chi connectivity index (χ1n) is 6.37. The lowest BCUT2D eigenvalue weighted by Gasteiger charge is -2.07. The third kappa shape index (κ3) is 2.04. The molecule has 1 aromatic carbocycles. The van der Waals surface area contributed by atoms with E-state index in [4.69, 9.17) is 4.74 Å². The first-order valence-corrected chi connectivity index (χ1v) is 6.37. The first kappa shape index (κ1) is 11.4. The van der Waals surface area contributed by atoms with Gasteiger partial charge in [0.25, 0.3) is 0 Å². The van der Waals surface area contributed by atoms with Crippen molar-refractivity contribution in [1.82, 2.24) is 14.8 Å². The molecule has 0 spiro atoms. The summed E-state index contributed by atoms with van der Waals surface area (Å²) < 4.78 is 7.15. The van der Waals surface area contributed by atoms with Gasteiger partial charge < -0.3 is 9.30 Å². The zero-order valence-electron chi connectivity index (χ0n) is 10.6. The molecular weight excluding hydrogens is 226 g/mol. The van der Waals surface area contributed by atoms with Crippen molar-refractivity contribution >= 4 is 0 Å². The van der Waals surface area contributed by atoms with Crippen molar-refractivity contribution in [1.29, 1.82) is 0 Å². The molecule has 1 aromatic heterocycles. The van der Waals surface area contributed by atoms with E-state index in [-0.39, 0.29) is 0 Å². The number of rotatable bonds is 4. The van der Waals surface area contributed by atoms with Gasteiger partial charge in [-0.25, -0.2) is 0 Å². The number of fused-ring (bicyclic) bond motifs is 1. The molecule has 1 aliphatic rings. The first-order chi connectivity index (χ1) is 8.88. The Kier molecular flexibility index (Phi) is 3.11. The van der Waals surface area contributed by atoms with Crippen molar-refractivity contribution in [3.8, 4) is 11.4 Å². The Labute approximate surface area is 107 Å². The predicted octanol–water partition coefficient (Wildman–Crippen LogP) is 2.08. The fraction of sp³-hybridized carbons (Fsp3) is 0.429. The topological polar surface area (TPSA) is 39.9 Å². The summed E-state index contributed by atoms with van der Waals surface area (Å²) in [7, 11) is 1.71. The molecule has 0 radical (unpaired) electrons.